The Morgan fingerprint density at radius 1 is 1.14 bits per heavy atom. The molecule has 0 aliphatic heterocycles. The molecular weight excluding hydrogens is 309 g/mol. The van der Waals surface area contributed by atoms with Gasteiger partial charge in [-0.05, 0) is 23.8 Å². The molecule has 108 valence electrons. The van der Waals surface area contributed by atoms with Crippen molar-refractivity contribution in [1.29, 1.82) is 0 Å². The van der Waals surface area contributed by atoms with Crippen LogP contribution in [0, 0.1) is 0 Å². The minimum Gasteiger partial charge on any atom is -0.508 e. The van der Waals surface area contributed by atoms with Crippen molar-refractivity contribution in [3.63, 3.8) is 0 Å². The molecule has 0 aliphatic rings. The van der Waals surface area contributed by atoms with Gasteiger partial charge < -0.3 is 10.4 Å². The van der Waals surface area contributed by atoms with Gasteiger partial charge in [-0.1, -0.05) is 54.0 Å². The van der Waals surface area contributed by atoms with E-state index in [-0.39, 0.29) is 18.1 Å². The molecule has 0 aromatic heterocycles. The van der Waals surface area contributed by atoms with Crippen LogP contribution in [-0.2, 0) is 11.2 Å². The number of carbonyl (C=O) groups is 1. The molecule has 2 aromatic rings. The first-order valence-electron chi connectivity index (χ1n) is 6.18. The Morgan fingerprint density at radius 3 is 2.52 bits per heavy atom. The van der Waals surface area contributed by atoms with E-state index in [2.05, 4.69) is 11.9 Å². The molecule has 0 saturated heterocycles. The quantitative estimate of drug-likeness (QED) is 0.801. The number of aliphatic hydroxyl groups is 1. The molecule has 0 bridgehead atoms. The Balaban J connectivity index is 2.12. The molecule has 2 rings (SSSR count). The highest BCUT2D eigenvalue weighted by atomic mass is 35.5. The summed E-state index contributed by atoms with van der Waals surface area (Å²) < 4.78 is 0. The van der Waals surface area contributed by atoms with E-state index in [0.717, 1.165) is 0 Å². The van der Waals surface area contributed by atoms with Gasteiger partial charge in [0, 0.05) is 11.3 Å². The van der Waals surface area contributed by atoms with E-state index in [9.17, 15) is 9.90 Å². The fourth-order valence-electron chi connectivity index (χ4n) is 1.91. The summed E-state index contributed by atoms with van der Waals surface area (Å²) in [4.78, 5) is 12.1. The molecule has 0 spiro atoms. The van der Waals surface area contributed by atoms with Gasteiger partial charge in [-0.2, -0.15) is 0 Å². The van der Waals surface area contributed by atoms with E-state index in [1.165, 1.54) is 0 Å². The SMILES string of the molecule is C=C(O)c1ccccc1CC(=O)Nc1ccc(Cl)c(Cl)c1. The molecule has 0 saturated carbocycles. The molecular formula is C16H13Cl2NO2. The van der Waals surface area contributed by atoms with Crippen molar-refractivity contribution in [1.82, 2.24) is 0 Å². The molecule has 1 amide bonds. The number of halogens is 2. The highest BCUT2D eigenvalue weighted by Gasteiger charge is 2.10. The summed E-state index contributed by atoms with van der Waals surface area (Å²) in [7, 11) is 0. The fraction of sp³-hybridized carbons (Fsp3) is 0.0625. The van der Waals surface area contributed by atoms with Crippen LogP contribution in [0.3, 0.4) is 0 Å². The molecule has 21 heavy (non-hydrogen) atoms. The van der Waals surface area contributed by atoms with Gasteiger partial charge in [-0.25, -0.2) is 0 Å². The molecule has 0 aliphatic carbocycles. The van der Waals surface area contributed by atoms with Crippen LogP contribution >= 0.6 is 23.2 Å². The summed E-state index contributed by atoms with van der Waals surface area (Å²) >= 11 is 11.7. The Labute approximate surface area is 132 Å². The number of anilines is 1. The zero-order valence-electron chi connectivity index (χ0n) is 11.1. The third-order valence-electron chi connectivity index (χ3n) is 2.88. The number of benzene rings is 2. The maximum Gasteiger partial charge on any atom is 0.228 e. The summed E-state index contributed by atoms with van der Waals surface area (Å²) in [6, 6.07) is 11.9. The van der Waals surface area contributed by atoms with Crippen molar-refractivity contribution in [2.45, 2.75) is 6.42 Å². The van der Waals surface area contributed by atoms with Crippen LogP contribution in [0.25, 0.3) is 5.76 Å². The molecule has 0 fully saturated rings. The van der Waals surface area contributed by atoms with Crippen LogP contribution in [-0.4, -0.2) is 11.0 Å². The third-order valence-corrected chi connectivity index (χ3v) is 3.62. The van der Waals surface area contributed by atoms with Gasteiger partial charge in [0.15, 0.2) is 0 Å². The lowest BCUT2D eigenvalue weighted by molar-refractivity contribution is -0.115. The monoisotopic (exact) mass is 321 g/mol. The van der Waals surface area contributed by atoms with Crippen molar-refractivity contribution in [3.8, 4) is 0 Å². The lowest BCUT2D eigenvalue weighted by Gasteiger charge is -2.09. The summed E-state index contributed by atoms with van der Waals surface area (Å²) in [5.41, 5.74) is 1.82. The van der Waals surface area contributed by atoms with E-state index < -0.39 is 0 Å². The maximum absolute atomic E-state index is 12.1. The zero-order chi connectivity index (χ0) is 15.4. The van der Waals surface area contributed by atoms with Crippen LogP contribution in [0.5, 0.6) is 0 Å². The van der Waals surface area contributed by atoms with E-state index in [4.69, 9.17) is 23.2 Å². The number of carbonyl (C=O) groups excluding carboxylic acids is 1. The van der Waals surface area contributed by atoms with E-state index in [1.807, 2.05) is 0 Å². The minimum atomic E-state index is -0.220. The molecule has 0 heterocycles. The van der Waals surface area contributed by atoms with Crippen LogP contribution in [0.2, 0.25) is 10.0 Å². The predicted molar refractivity (Wildman–Crippen MR) is 86.9 cm³/mol. The van der Waals surface area contributed by atoms with Crippen molar-refractivity contribution < 1.29 is 9.90 Å². The number of nitrogens with one attached hydrogen (secondary N) is 1. The van der Waals surface area contributed by atoms with Crippen LogP contribution in [0.15, 0.2) is 49.0 Å². The maximum atomic E-state index is 12.1. The summed E-state index contributed by atoms with van der Waals surface area (Å²) in [6.07, 6.45) is 0.121. The van der Waals surface area contributed by atoms with Gasteiger partial charge in [0.1, 0.15) is 5.76 Å². The van der Waals surface area contributed by atoms with Gasteiger partial charge in [0.2, 0.25) is 5.91 Å². The first-order valence-corrected chi connectivity index (χ1v) is 6.94. The number of rotatable bonds is 4. The second-order valence-corrected chi connectivity index (χ2v) is 5.27. The molecule has 2 N–H and O–H groups in total. The average molecular weight is 322 g/mol. The highest BCUT2D eigenvalue weighted by Crippen LogP contribution is 2.25. The van der Waals surface area contributed by atoms with E-state index in [1.54, 1.807) is 42.5 Å². The van der Waals surface area contributed by atoms with Gasteiger partial charge in [-0.15, -0.1) is 0 Å². The lowest BCUT2D eigenvalue weighted by atomic mass is 10.0. The Morgan fingerprint density at radius 2 is 1.86 bits per heavy atom. The first kappa shape index (κ1) is 15.4. The number of aliphatic hydroxyl groups excluding tert-OH is 1. The minimum absolute atomic E-state index is 0.0621. The Bertz CT molecular complexity index is 698. The zero-order valence-corrected chi connectivity index (χ0v) is 12.6. The van der Waals surface area contributed by atoms with Crippen molar-refractivity contribution in [2.75, 3.05) is 5.32 Å². The third kappa shape index (κ3) is 4.00. The lowest BCUT2D eigenvalue weighted by Crippen LogP contribution is -2.15. The van der Waals surface area contributed by atoms with Crippen molar-refractivity contribution >= 4 is 40.6 Å². The van der Waals surface area contributed by atoms with Crippen LogP contribution in [0.1, 0.15) is 11.1 Å². The molecule has 0 atom stereocenters. The predicted octanol–water partition coefficient (Wildman–Crippen LogP) is 4.70. The molecule has 3 nitrogen and oxygen atoms in total. The van der Waals surface area contributed by atoms with Crippen molar-refractivity contribution in [3.05, 3.63) is 70.2 Å². The summed E-state index contributed by atoms with van der Waals surface area (Å²) in [5.74, 6) is -0.282. The van der Waals surface area contributed by atoms with Gasteiger partial charge in [0.25, 0.3) is 0 Å². The highest BCUT2D eigenvalue weighted by molar-refractivity contribution is 6.42. The normalized spacial score (nSPS) is 10.2. The van der Waals surface area contributed by atoms with Crippen LogP contribution < -0.4 is 5.32 Å². The van der Waals surface area contributed by atoms with Gasteiger partial charge in [0.05, 0.1) is 16.5 Å². The Kier molecular flexibility index (Phi) is 4.89. The average Bonchev–Trinajstić information content (AvgIpc) is 2.43. The molecule has 0 unspecified atom stereocenters. The largest absolute Gasteiger partial charge is 0.508 e. The summed E-state index contributed by atoms with van der Waals surface area (Å²) in [5, 5.41) is 13.0. The standard InChI is InChI=1S/C16H13Cl2NO2/c1-10(20)13-5-3-2-4-11(13)8-16(21)19-12-6-7-14(17)15(18)9-12/h2-7,9,20H,1,8H2,(H,19,21). The number of hydrogen-bond donors (Lipinski definition) is 2. The number of hydrogen-bond acceptors (Lipinski definition) is 2. The van der Waals surface area contributed by atoms with Crippen LogP contribution in [0.4, 0.5) is 5.69 Å². The second-order valence-electron chi connectivity index (χ2n) is 4.46. The molecule has 2 aromatic carbocycles. The fourth-order valence-corrected chi connectivity index (χ4v) is 2.21. The van der Waals surface area contributed by atoms with Crippen molar-refractivity contribution in [2.24, 2.45) is 0 Å². The summed E-state index contributed by atoms with van der Waals surface area (Å²) in [6.45, 7) is 3.49. The van der Waals surface area contributed by atoms with Gasteiger partial charge >= 0.3 is 0 Å². The molecule has 5 heteroatoms. The molecule has 0 radical (unpaired) electrons. The van der Waals surface area contributed by atoms with E-state index >= 15 is 0 Å². The first-order chi connectivity index (χ1) is 9.97. The van der Waals surface area contributed by atoms with E-state index in [0.29, 0.717) is 26.9 Å². The van der Waals surface area contributed by atoms with Gasteiger partial charge in [-0.3, -0.25) is 4.79 Å². The number of amides is 1. The second kappa shape index (κ2) is 6.66. The smallest absolute Gasteiger partial charge is 0.228 e. The Hall–Kier alpha value is -1.97. The topological polar surface area (TPSA) is 49.3 Å².